The molecular weight excluding hydrogens is 236 g/mol. The van der Waals surface area contributed by atoms with Gasteiger partial charge in [0.25, 0.3) is 0 Å². The highest BCUT2D eigenvalue weighted by atomic mass is 16.3. The summed E-state index contributed by atoms with van der Waals surface area (Å²) in [6, 6.07) is 9.92. The molecule has 0 radical (unpaired) electrons. The molecule has 0 fully saturated rings. The number of pyridine rings is 1. The molecule has 0 amide bonds. The van der Waals surface area contributed by atoms with Crippen LogP contribution in [0.4, 0.5) is 0 Å². The SMILES string of the molecule is Cc1ccc(O)c(C(C)NC(C)c2cccnc2)c1. The van der Waals surface area contributed by atoms with Gasteiger partial charge in [0.2, 0.25) is 0 Å². The third kappa shape index (κ3) is 3.32. The van der Waals surface area contributed by atoms with Crippen LogP contribution in [-0.4, -0.2) is 10.1 Å². The zero-order valence-electron chi connectivity index (χ0n) is 11.6. The minimum absolute atomic E-state index is 0.0788. The number of hydrogen-bond donors (Lipinski definition) is 2. The average Bonchev–Trinajstić information content (AvgIpc) is 2.42. The van der Waals surface area contributed by atoms with Crippen LogP contribution >= 0.6 is 0 Å². The van der Waals surface area contributed by atoms with Gasteiger partial charge in [-0.25, -0.2) is 0 Å². The van der Waals surface area contributed by atoms with Crippen molar-refractivity contribution in [3.8, 4) is 5.75 Å². The van der Waals surface area contributed by atoms with Crippen LogP contribution in [0.1, 0.15) is 42.6 Å². The van der Waals surface area contributed by atoms with Gasteiger partial charge in [-0.1, -0.05) is 23.8 Å². The van der Waals surface area contributed by atoms with Crippen LogP contribution in [0.5, 0.6) is 5.75 Å². The predicted molar refractivity (Wildman–Crippen MR) is 77.0 cm³/mol. The first kappa shape index (κ1) is 13.6. The van der Waals surface area contributed by atoms with E-state index in [1.165, 1.54) is 0 Å². The number of benzene rings is 1. The highest BCUT2D eigenvalue weighted by molar-refractivity contribution is 5.37. The number of aromatic nitrogens is 1. The van der Waals surface area contributed by atoms with E-state index in [1.807, 2.05) is 37.4 Å². The molecule has 0 bridgehead atoms. The molecule has 0 saturated heterocycles. The van der Waals surface area contributed by atoms with Crippen LogP contribution in [0.2, 0.25) is 0 Å². The Balaban J connectivity index is 2.13. The lowest BCUT2D eigenvalue weighted by molar-refractivity contribution is 0.438. The first-order valence-corrected chi connectivity index (χ1v) is 6.53. The molecule has 0 aliphatic carbocycles. The summed E-state index contributed by atoms with van der Waals surface area (Å²) in [5, 5.41) is 13.4. The van der Waals surface area contributed by atoms with Crippen molar-refractivity contribution < 1.29 is 5.11 Å². The Labute approximate surface area is 114 Å². The number of phenolic OH excluding ortho intramolecular Hbond substituents is 1. The first-order valence-electron chi connectivity index (χ1n) is 6.53. The Morgan fingerprint density at radius 3 is 2.63 bits per heavy atom. The Kier molecular flexibility index (Phi) is 4.17. The van der Waals surface area contributed by atoms with Gasteiger partial charge in [-0.3, -0.25) is 4.98 Å². The number of rotatable bonds is 4. The third-order valence-corrected chi connectivity index (χ3v) is 3.33. The number of phenols is 1. The third-order valence-electron chi connectivity index (χ3n) is 3.33. The van der Waals surface area contributed by atoms with Gasteiger partial charge in [-0.2, -0.15) is 0 Å². The second kappa shape index (κ2) is 5.85. The molecule has 2 aromatic rings. The van der Waals surface area contributed by atoms with Crippen LogP contribution in [0.3, 0.4) is 0 Å². The lowest BCUT2D eigenvalue weighted by atomic mass is 10.0. The molecule has 2 atom stereocenters. The molecule has 1 aromatic carbocycles. The van der Waals surface area contributed by atoms with Gasteiger partial charge in [0, 0.05) is 30.0 Å². The summed E-state index contributed by atoms with van der Waals surface area (Å²) in [4.78, 5) is 4.13. The van der Waals surface area contributed by atoms with Crippen molar-refractivity contribution in [1.82, 2.24) is 10.3 Å². The zero-order chi connectivity index (χ0) is 13.8. The maximum absolute atomic E-state index is 9.94. The van der Waals surface area contributed by atoms with E-state index in [1.54, 1.807) is 12.3 Å². The van der Waals surface area contributed by atoms with Crippen LogP contribution in [0, 0.1) is 6.92 Å². The highest BCUT2D eigenvalue weighted by Crippen LogP contribution is 2.27. The Hall–Kier alpha value is -1.87. The van der Waals surface area contributed by atoms with E-state index in [-0.39, 0.29) is 12.1 Å². The highest BCUT2D eigenvalue weighted by Gasteiger charge is 2.14. The van der Waals surface area contributed by atoms with Crippen molar-refractivity contribution in [2.45, 2.75) is 32.9 Å². The molecule has 1 aromatic heterocycles. The van der Waals surface area contributed by atoms with Crippen LogP contribution in [0.15, 0.2) is 42.7 Å². The molecule has 0 aliphatic heterocycles. The van der Waals surface area contributed by atoms with Gasteiger partial charge in [0.05, 0.1) is 0 Å². The molecule has 0 spiro atoms. The molecule has 3 nitrogen and oxygen atoms in total. The van der Waals surface area contributed by atoms with Gasteiger partial charge in [0.15, 0.2) is 0 Å². The smallest absolute Gasteiger partial charge is 0.120 e. The van der Waals surface area contributed by atoms with Crippen molar-refractivity contribution in [2.24, 2.45) is 0 Å². The largest absolute Gasteiger partial charge is 0.508 e. The van der Waals surface area contributed by atoms with Gasteiger partial charge in [-0.15, -0.1) is 0 Å². The van der Waals surface area contributed by atoms with Gasteiger partial charge in [-0.05, 0) is 38.5 Å². The minimum atomic E-state index is 0.0788. The maximum atomic E-state index is 9.94. The van der Waals surface area contributed by atoms with E-state index in [0.717, 1.165) is 16.7 Å². The van der Waals surface area contributed by atoms with Crippen molar-refractivity contribution in [1.29, 1.82) is 0 Å². The van der Waals surface area contributed by atoms with E-state index >= 15 is 0 Å². The fourth-order valence-corrected chi connectivity index (χ4v) is 2.21. The molecule has 19 heavy (non-hydrogen) atoms. The van der Waals surface area contributed by atoms with Gasteiger partial charge >= 0.3 is 0 Å². The minimum Gasteiger partial charge on any atom is -0.508 e. The summed E-state index contributed by atoms with van der Waals surface area (Å²) in [6.07, 6.45) is 3.63. The maximum Gasteiger partial charge on any atom is 0.120 e. The van der Waals surface area contributed by atoms with Gasteiger partial charge in [0.1, 0.15) is 5.75 Å². The number of nitrogens with zero attached hydrogens (tertiary/aromatic N) is 1. The molecule has 3 heteroatoms. The summed E-state index contributed by atoms with van der Waals surface area (Å²) in [7, 11) is 0. The summed E-state index contributed by atoms with van der Waals surface area (Å²) < 4.78 is 0. The normalized spacial score (nSPS) is 14.1. The van der Waals surface area contributed by atoms with E-state index < -0.39 is 0 Å². The standard InChI is InChI=1S/C16H20N2O/c1-11-6-7-16(19)15(9-11)13(3)18-12(2)14-5-4-8-17-10-14/h4-10,12-13,18-19H,1-3H3. The lowest BCUT2D eigenvalue weighted by Gasteiger charge is -2.21. The lowest BCUT2D eigenvalue weighted by Crippen LogP contribution is -2.22. The van der Waals surface area contributed by atoms with E-state index in [9.17, 15) is 5.11 Å². The second-order valence-corrected chi connectivity index (χ2v) is 4.96. The fourth-order valence-electron chi connectivity index (χ4n) is 2.21. The average molecular weight is 256 g/mol. The quantitative estimate of drug-likeness (QED) is 0.880. The van der Waals surface area contributed by atoms with E-state index in [2.05, 4.69) is 24.1 Å². The second-order valence-electron chi connectivity index (χ2n) is 4.96. The van der Waals surface area contributed by atoms with Crippen molar-refractivity contribution >= 4 is 0 Å². The summed E-state index contributed by atoms with van der Waals surface area (Å²) in [6.45, 7) is 6.18. The Bertz CT molecular complexity index is 540. The van der Waals surface area contributed by atoms with Crippen LogP contribution < -0.4 is 5.32 Å². The summed E-state index contributed by atoms with van der Waals surface area (Å²) >= 11 is 0. The van der Waals surface area contributed by atoms with Crippen molar-refractivity contribution in [3.05, 3.63) is 59.4 Å². The molecule has 2 rings (SSSR count). The molecule has 100 valence electrons. The predicted octanol–water partition coefficient (Wildman–Crippen LogP) is 3.51. The number of aryl methyl sites for hydroxylation is 1. The van der Waals surface area contributed by atoms with E-state index in [4.69, 9.17) is 0 Å². The van der Waals surface area contributed by atoms with Crippen LogP contribution in [-0.2, 0) is 0 Å². The molecular formula is C16H20N2O. The summed E-state index contributed by atoms with van der Waals surface area (Å²) in [5.41, 5.74) is 3.22. The molecule has 0 saturated carbocycles. The number of aromatic hydroxyl groups is 1. The van der Waals surface area contributed by atoms with Gasteiger partial charge < -0.3 is 10.4 Å². The monoisotopic (exact) mass is 256 g/mol. The number of nitrogens with one attached hydrogen (secondary N) is 1. The Morgan fingerprint density at radius 2 is 1.95 bits per heavy atom. The summed E-state index contributed by atoms with van der Waals surface area (Å²) in [5.74, 6) is 0.337. The molecule has 2 unspecified atom stereocenters. The first-order chi connectivity index (χ1) is 9.08. The van der Waals surface area contributed by atoms with Crippen molar-refractivity contribution in [3.63, 3.8) is 0 Å². The molecule has 0 aliphatic rings. The number of hydrogen-bond acceptors (Lipinski definition) is 3. The molecule has 2 N–H and O–H groups in total. The van der Waals surface area contributed by atoms with Crippen LogP contribution in [0.25, 0.3) is 0 Å². The fraction of sp³-hybridized carbons (Fsp3) is 0.312. The van der Waals surface area contributed by atoms with E-state index in [0.29, 0.717) is 5.75 Å². The van der Waals surface area contributed by atoms with Crippen molar-refractivity contribution in [2.75, 3.05) is 0 Å². The Morgan fingerprint density at radius 1 is 1.16 bits per heavy atom. The molecule has 1 heterocycles. The topological polar surface area (TPSA) is 45.1 Å². The zero-order valence-corrected chi connectivity index (χ0v) is 11.6.